The summed E-state index contributed by atoms with van der Waals surface area (Å²) in [4.78, 5) is 25.4. The van der Waals surface area contributed by atoms with Crippen molar-refractivity contribution in [3.8, 4) is 22.6 Å². The lowest BCUT2D eigenvalue weighted by Gasteiger charge is -2.21. The van der Waals surface area contributed by atoms with Crippen molar-refractivity contribution in [1.82, 2.24) is 4.90 Å². The number of aromatic hydroxyl groups is 1. The van der Waals surface area contributed by atoms with Gasteiger partial charge in [-0.2, -0.15) is 0 Å². The monoisotopic (exact) mass is 559 g/mol. The van der Waals surface area contributed by atoms with E-state index in [2.05, 4.69) is 0 Å². The summed E-state index contributed by atoms with van der Waals surface area (Å²) < 4.78 is 11.8. The number of benzene rings is 5. The van der Waals surface area contributed by atoms with Gasteiger partial charge in [0.1, 0.15) is 22.7 Å². The number of phenolic OH excluding ortho intramolecular Hbond substituents is 1. The van der Waals surface area contributed by atoms with Gasteiger partial charge in [-0.15, -0.1) is 0 Å². The average Bonchev–Trinajstić information content (AvgIpc) is 2.97. The van der Waals surface area contributed by atoms with Crippen molar-refractivity contribution < 1.29 is 29.1 Å². The molecule has 6 aromatic rings. The van der Waals surface area contributed by atoms with Crippen molar-refractivity contribution >= 4 is 51.8 Å². The number of fused-ring (bicyclic) bond motifs is 4. The van der Waals surface area contributed by atoms with Gasteiger partial charge in [0.25, 0.3) is 6.47 Å². The van der Waals surface area contributed by atoms with Crippen LogP contribution < -0.4 is 15.6 Å². The first-order valence-corrected chi connectivity index (χ1v) is 13.3. The molecule has 0 atom stereocenters. The molecule has 0 saturated heterocycles. The molecule has 9 heteroatoms. The smallest absolute Gasteiger partial charge is 0.488 e. The second-order valence-electron chi connectivity index (χ2n) is 10.2. The fourth-order valence-corrected chi connectivity index (χ4v) is 5.55. The van der Waals surface area contributed by atoms with Crippen LogP contribution in [0.2, 0.25) is 0 Å². The summed E-state index contributed by atoms with van der Waals surface area (Å²) in [6, 6.07) is 26.2. The molecule has 208 valence electrons. The second-order valence-corrected chi connectivity index (χ2v) is 10.2. The Labute approximate surface area is 240 Å². The highest BCUT2D eigenvalue weighted by Crippen LogP contribution is 2.43. The largest absolute Gasteiger partial charge is 0.507 e. The Morgan fingerprint density at radius 2 is 1.60 bits per heavy atom. The maximum Gasteiger partial charge on any atom is 0.488 e. The maximum absolute atomic E-state index is 12.0. The molecule has 5 aromatic carbocycles. The molecule has 1 heterocycles. The van der Waals surface area contributed by atoms with Gasteiger partial charge in [-0.25, -0.2) is 0 Å². The van der Waals surface area contributed by atoms with Gasteiger partial charge in [0, 0.05) is 52.0 Å². The molecule has 1 aromatic heterocycles. The zero-order valence-electron chi connectivity index (χ0n) is 22.7. The first-order chi connectivity index (χ1) is 20.3. The zero-order chi connectivity index (χ0) is 29.4. The van der Waals surface area contributed by atoms with Crippen LogP contribution in [0, 0.1) is 0 Å². The molecule has 0 unspecified atom stereocenters. The molecule has 0 saturated carbocycles. The maximum atomic E-state index is 12.0. The highest BCUT2D eigenvalue weighted by molar-refractivity contribution is 6.59. The van der Waals surface area contributed by atoms with E-state index in [1.54, 1.807) is 42.5 Å². The Morgan fingerprint density at radius 1 is 0.857 bits per heavy atom. The summed E-state index contributed by atoms with van der Waals surface area (Å²) in [5.41, 5.74) is 4.02. The Hall–Kier alpha value is -4.96. The Balaban J connectivity index is 1.55. The van der Waals surface area contributed by atoms with E-state index in [0.717, 1.165) is 27.3 Å². The van der Waals surface area contributed by atoms with Gasteiger partial charge >= 0.3 is 7.12 Å². The highest BCUT2D eigenvalue weighted by Gasteiger charge is 2.21. The van der Waals surface area contributed by atoms with Crippen LogP contribution in [0.25, 0.3) is 43.8 Å². The van der Waals surface area contributed by atoms with E-state index in [4.69, 9.17) is 9.15 Å². The normalized spacial score (nSPS) is 11.4. The number of carbonyl (C=O) groups is 1. The molecule has 0 radical (unpaired) electrons. The van der Waals surface area contributed by atoms with E-state index in [0.29, 0.717) is 58.5 Å². The predicted molar refractivity (Wildman–Crippen MR) is 163 cm³/mol. The number of para-hydroxylation sites is 1. The number of hydrogen-bond donors (Lipinski definition) is 3. The SMILES string of the molecule is CN(Cc1cc2c(-c3ccccc3OC=O)c3ccc4cc(=O)ccc4c3oc2cc1O)Cc1ccccc1B(O)O. The number of nitrogens with zero attached hydrogens (tertiary/aromatic N) is 1. The molecule has 0 aliphatic heterocycles. The first-order valence-electron chi connectivity index (χ1n) is 13.3. The van der Waals surface area contributed by atoms with Gasteiger partial charge in [0.05, 0.1) is 0 Å². The summed E-state index contributed by atoms with van der Waals surface area (Å²) >= 11 is 0. The van der Waals surface area contributed by atoms with Crippen molar-refractivity contribution in [2.75, 3.05) is 7.05 Å². The van der Waals surface area contributed by atoms with Gasteiger partial charge < -0.3 is 24.3 Å². The minimum absolute atomic E-state index is 0.0263. The quantitative estimate of drug-likeness (QED) is 0.109. The van der Waals surface area contributed by atoms with E-state index >= 15 is 0 Å². The van der Waals surface area contributed by atoms with Crippen molar-refractivity contribution in [3.05, 3.63) is 112 Å². The summed E-state index contributed by atoms with van der Waals surface area (Å²) in [7, 11) is 0.283. The lowest BCUT2D eigenvalue weighted by atomic mass is 9.77. The van der Waals surface area contributed by atoms with Crippen LogP contribution in [0.15, 0.2) is 100 Å². The summed E-state index contributed by atoms with van der Waals surface area (Å²) in [6.07, 6.45) is 0. The van der Waals surface area contributed by atoms with Crippen LogP contribution >= 0.6 is 0 Å². The summed E-state index contributed by atoms with van der Waals surface area (Å²) in [5, 5.41) is 33.5. The van der Waals surface area contributed by atoms with Crippen LogP contribution in [-0.2, 0) is 17.9 Å². The highest BCUT2D eigenvalue weighted by atomic mass is 16.5. The van der Waals surface area contributed by atoms with E-state index in [-0.39, 0.29) is 11.2 Å². The Bertz CT molecular complexity index is 2040. The number of rotatable bonds is 8. The molecular formula is C33H26BNO7. The third kappa shape index (κ3) is 5.01. The molecule has 0 spiro atoms. The molecular weight excluding hydrogens is 533 g/mol. The third-order valence-electron chi connectivity index (χ3n) is 7.42. The van der Waals surface area contributed by atoms with Gasteiger partial charge in [-0.05, 0) is 59.9 Å². The number of hydrogen-bond acceptors (Lipinski definition) is 8. The van der Waals surface area contributed by atoms with E-state index in [1.807, 2.05) is 54.4 Å². The first kappa shape index (κ1) is 27.2. The van der Waals surface area contributed by atoms with Crippen LogP contribution in [0.5, 0.6) is 11.5 Å². The van der Waals surface area contributed by atoms with Crippen LogP contribution in [-0.4, -0.2) is 40.7 Å². The third-order valence-corrected chi connectivity index (χ3v) is 7.42. The molecule has 3 N–H and O–H groups in total. The number of phenols is 1. The number of ether oxygens (including phenoxy) is 1. The number of carbonyl (C=O) groups excluding carboxylic acids is 1. The second kappa shape index (κ2) is 11.1. The lowest BCUT2D eigenvalue weighted by molar-refractivity contribution is -0.120. The van der Waals surface area contributed by atoms with E-state index in [1.165, 1.54) is 6.07 Å². The van der Waals surface area contributed by atoms with Gasteiger partial charge in [-0.3, -0.25) is 14.5 Å². The van der Waals surface area contributed by atoms with Crippen LogP contribution in [0.1, 0.15) is 11.1 Å². The van der Waals surface area contributed by atoms with E-state index in [9.17, 15) is 24.7 Å². The van der Waals surface area contributed by atoms with Gasteiger partial charge in [-0.1, -0.05) is 48.5 Å². The molecule has 0 aliphatic rings. The van der Waals surface area contributed by atoms with Crippen LogP contribution in [0.3, 0.4) is 0 Å². The van der Waals surface area contributed by atoms with Crippen molar-refractivity contribution in [1.29, 1.82) is 0 Å². The molecule has 8 nitrogen and oxygen atoms in total. The molecule has 0 fully saturated rings. The van der Waals surface area contributed by atoms with Crippen molar-refractivity contribution in [2.45, 2.75) is 13.1 Å². The topological polar surface area (TPSA) is 120 Å². The van der Waals surface area contributed by atoms with Crippen molar-refractivity contribution in [2.24, 2.45) is 0 Å². The predicted octanol–water partition coefficient (Wildman–Crippen LogP) is 4.32. The summed E-state index contributed by atoms with van der Waals surface area (Å²) in [6.45, 7) is 1.13. The summed E-state index contributed by atoms with van der Waals surface area (Å²) in [5.74, 6) is 0.389. The van der Waals surface area contributed by atoms with Crippen LogP contribution in [0.4, 0.5) is 0 Å². The molecule has 42 heavy (non-hydrogen) atoms. The standard InChI is InChI=1S/C33H26BNO7/c1-35(17-21-6-2-4-8-28(21)34(39)40)18-22-15-27-31(16-29(22)38)42-33-24-13-11-23(37)14-20(24)10-12-26(33)32(27)25-7-3-5-9-30(25)41-19-36/h2-16,19,38-40H,17-18H2,1H3. The fraction of sp³-hybridized carbons (Fsp3) is 0.0909. The minimum atomic E-state index is -1.59. The average molecular weight is 559 g/mol. The van der Waals surface area contributed by atoms with Gasteiger partial charge in [0.15, 0.2) is 5.43 Å². The molecule has 0 aliphatic carbocycles. The lowest BCUT2D eigenvalue weighted by Crippen LogP contribution is -2.34. The molecule has 6 rings (SSSR count). The Kier molecular flexibility index (Phi) is 7.22. The minimum Gasteiger partial charge on any atom is -0.507 e. The van der Waals surface area contributed by atoms with Crippen molar-refractivity contribution in [3.63, 3.8) is 0 Å². The Morgan fingerprint density at radius 3 is 2.40 bits per heavy atom. The fourth-order valence-electron chi connectivity index (χ4n) is 5.55. The molecule has 0 amide bonds. The zero-order valence-corrected chi connectivity index (χ0v) is 22.7. The molecule has 0 bridgehead atoms. The van der Waals surface area contributed by atoms with E-state index < -0.39 is 7.12 Å². The van der Waals surface area contributed by atoms with Gasteiger partial charge in [0.2, 0.25) is 0 Å².